The lowest BCUT2D eigenvalue weighted by Crippen LogP contribution is -2.44. The number of imide groups is 1. The fourth-order valence-corrected chi connectivity index (χ4v) is 2.40. The van der Waals surface area contributed by atoms with E-state index in [4.69, 9.17) is 0 Å². The maximum Gasteiger partial charge on any atom is 0.343 e. The summed E-state index contributed by atoms with van der Waals surface area (Å²) in [5, 5.41) is 7.53. The number of nitrogens with one attached hydrogen (secondary N) is 2. The first-order valence-corrected chi connectivity index (χ1v) is 7.21. The largest absolute Gasteiger partial charge is 0.343 e. The SMILES string of the molecule is Cc1nn(CC(C)C)c(C)c1CC(=O)NN1CC(=O)NC1=O. The Bertz CT molecular complexity index is 620. The molecule has 8 heteroatoms. The number of carbonyl (C=O) groups is 3. The summed E-state index contributed by atoms with van der Waals surface area (Å²) in [5.41, 5.74) is 5.04. The van der Waals surface area contributed by atoms with Crippen molar-refractivity contribution >= 4 is 17.8 Å². The van der Waals surface area contributed by atoms with Crippen LogP contribution < -0.4 is 10.7 Å². The van der Waals surface area contributed by atoms with E-state index in [0.717, 1.165) is 28.5 Å². The summed E-state index contributed by atoms with van der Waals surface area (Å²) in [6.07, 6.45) is 0.119. The standard InChI is InChI=1S/C14H21N5O3/c1-8(2)6-18-10(4)11(9(3)16-18)5-12(20)17-19-7-13(21)15-14(19)22/h8H,5-7H2,1-4H3,(H,17,20)(H,15,21,22). The highest BCUT2D eigenvalue weighted by Gasteiger charge is 2.28. The zero-order chi connectivity index (χ0) is 16.4. The van der Waals surface area contributed by atoms with Crippen LogP contribution in [0.15, 0.2) is 0 Å². The minimum Gasteiger partial charge on any atom is -0.275 e. The van der Waals surface area contributed by atoms with E-state index in [9.17, 15) is 14.4 Å². The van der Waals surface area contributed by atoms with Crippen molar-refractivity contribution in [3.05, 3.63) is 17.0 Å². The predicted molar refractivity (Wildman–Crippen MR) is 78.6 cm³/mol. The Labute approximate surface area is 128 Å². The minimum absolute atomic E-state index is 0.119. The van der Waals surface area contributed by atoms with Gasteiger partial charge in [0, 0.05) is 17.8 Å². The molecule has 8 nitrogen and oxygen atoms in total. The molecule has 0 aliphatic carbocycles. The molecule has 0 bridgehead atoms. The van der Waals surface area contributed by atoms with Gasteiger partial charge in [-0.3, -0.25) is 25.0 Å². The Hall–Kier alpha value is -2.38. The summed E-state index contributed by atoms with van der Waals surface area (Å²) in [4.78, 5) is 34.5. The zero-order valence-corrected chi connectivity index (χ0v) is 13.3. The van der Waals surface area contributed by atoms with Crippen LogP contribution >= 0.6 is 0 Å². The van der Waals surface area contributed by atoms with Gasteiger partial charge >= 0.3 is 6.03 Å². The first kappa shape index (κ1) is 16.0. The first-order valence-electron chi connectivity index (χ1n) is 7.21. The third-order valence-corrected chi connectivity index (χ3v) is 3.46. The number of hydrazine groups is 1. The summed E-state index contributed by atoms with van der Waals surface area (Å²) in [7, 11) is 0. The van der Waals surface area contributed by atoms with Crippen molar-refractivity contribution < 1.29 is 14.4 Å². The van der Waals surface area contributed by atoms with E-state index >= 15 is 0 Å². The Balaban J connectivity index is 2.04. The summed E-state index contributed by atoms with van der Waals surface area (Å²) < 4.78 is 1.90. The second-order valence-corrected chi connectivity index (χ2v) is 5.88. The molecule has 2 N–H and O–H groups in total. The van der Waals surface area contributed by atoms with Crippen molar-refractivity contribution in [2.45, 2.75) is 40.7 Å². The van der Waals surface area contributed by atoms with Crippen molar-refractivity contribution in [2.24, 2.45) is 5.92 Å². The van der Waals surface area contributed by atoms with E-state index in [1.807, 2.05) is 18.5 Å². The normalized spacial score (nSPS) is 14.7. The van der Waals surface area contributed by atoms with E-state index in [1.54, 1.807) is 0 Å². The van der Waals surface area contributed by atoms with Crippen LogP contribution in [0.3, 0.4) is 0 Å². The second-order valence-electron chi connectivity index (χ2n) is 5.88. The lowest BCUT2D eigenvalue weighted by molar-refractivity contribution is -0.124. The molecule has 4 amide bonds. The van der Waals surface area contributed by atoms with E-state index in [0.29, 0.717) is 5.92 Å². The van der Waals surface area contributed by atoms with Crippen LogP contribution in [-0.4, -0.2) is 39.2 Å². The molecule has 1 saturated heterocycles. The smallest absolute Gasteiger partial charge is 0.275 e. The molecule has 0 atom stereocenters. The average Bonchev–Trinajstić information content (AvgIpc) is 2.83. The Morgan fingerprint density at radius 3 is 2.59 bits per heavy atom. The molecule has 1 fully saturated rings. The van der Waals surface area contributed by atoms with Crippen LogP contribution in [0.1, 0.15) is 30.8 Å². The molecule has 1 aliphatic heterocycles. The minimum atomic E-state index is -0.609. The Morgan fingerprint density at radius 1 is 1.36 bits per heavy atom. The quantitative estimate of drug-likeness (QED) is 0.764. The van der Waals surface area contributed by atoms with Gasteiger partial charge < -0.3 is 0 Å². The van der Waals surface area contributed by atoms with Crippen molar-refractivity contribution in [1.82, 2.24) is 25.5 Å². The van der Waals surface area contributed by atoms with Crippen molar-refractivity contribution in [2.75, 3.05) is 6.54 Å². The molecular weight excluding hydrogens is 286 g/mol. The number of aryl methyl sites for hydroxylation is 1. The van der Waals surface area contributed by atoms with Crippen molar-refractivity contribution in [3.8, 4) is 0 Å². The molecular formula is C14H21N5O3. The van der Waals surface area contributed by atoms with Gasteiger partial charge in [-0.1, -0.05) is 13.8 Å². The lowest BCUT2D eigenvalue weighted by Gasteiger charge is -2.14. The highest BCUT2D eigenvalue weighted by molar-refractivity contribution is 6.02. The van der Waals surface area contributed by atoms with E-state index in [1.165, 1.54) is 0 Å². The molecule has 2 heterocycles. The number of amides is 4. The molecule has 2 rings (SSSR count). The Morgan fingerprint density at radius 2 is 2.05 bits per heavy atom. The molecule has 1 aromatic heterocycles. The number of hydrogen-bond acceptors (Lipinski definition) is 4. The number of carbonyl (C=O) groups excluding carboxylic acids is 3. The molecule has 1 aromatic rings. The average molecular weight is 307 g/mol. The number of nitrogens with zero attached hydrogens (tertiary/aromatic N) is 3. The molecule has 0 spiro atoms. The highest BCUT2D eigenvalue weighted by Crippen LogP contribution is 2.15. The topological polar surface area (TPSA) is 96.3 Å². The van der Waals surface area contributed by atoms with Crippen molar-refractivity contribution in [1.29, 1.82) is 0 Å². The molecule has 0 radical (unpaired) electrons. The molecule has 0 unspecified atom stereocenters. The lowest BCUT2D eigenvalue weighted by atomic mass is 10.1. The van der Waals surface area contributed by atoms with Gasteiger partial charge in [-0.25, -0.2) is 9.80 Å². The number of hydrogen-bond donors (Lipinski definition) is 2. The van der Waals surface area contributed by atoms with Gasteiger partial charge in [0.2, 0.25) is 11.8 Å². The van der Waals surface area contributed by atoms with Crippen LogP contribution in [0, 0.1) is 19.8 Å². The van der Waals surface area contributed by atoms with Gasteiger partial charge in [-0.05, 0) is 19.8 Å². The number of aromatic nitrogens is 2. The van der Waals surface area contributed by atoms with Crippen LogP contribution in [0.25, 0.3) is 0 Å². The summed E-state index contributed by atoms with van der Waals surface area (Å²) in [6, 6.07) is -0.609. The predicted octanol–water partition coefficient (Wildman–Crippen LogP) is 0.281. The second kappa shape index (κ2) is 6.17. The number of rotatable bonds is 5. The molecule has 22 heavy (non-hydrogen) atoms. The summed E-state index contributed by atoms with van der Waals surface area (Å²) in [6.45, 7) is 8.62. The molecule has 0 aromatic carbocycles. The van der Waals surface area contributed by atoms with Gasteiger partial charge in [-0.2, -0.15) is 5.10 Å². The van der Waals surface area contributed by atoms with E-state index in [2.05, 4.69) is 29.7 Å². The van der Waals surface area contributed by atoms with Crippen molar-refractivity contribution in [3.63, 3.8) is 0 Å². The fourth-order valence-electron chi connectivity index (χ4n) is 2.40. The van der Waals surface area contributed by atoms with Crippen LogP contribution in [-0.2, 0) is 22.6 Å². The number of urea groups is 1. The van der Waals surface area contributed by atoms with Gasteiger partial charge in [-0.15, -0.1) is 0 Å². The summed E-state index contributed by atoms with van der Waals surface area (Å²) >= 11 is 0. The highest BCUT2D eigenvalue weighted by atomic mass is 16.2. The van der Waals surface area contributed by atoms with Crippen LogP contribution in [0.5, 0.6) is 0 Å². The van der Waals surface area contributed by atoms with Gasteiger partial charge in [0.05, 0.1) is 12.1 Å². The third-order valence-electron chi connectivity index (χ3n) is 3.46. The Kier molecular flexibility index (Phi) is 4.48. The third kappa shape index (κ3) is 3.44. The maximum atomic E-state index is 12.1. The maximum absolute atomic E-state index is 12.1. The fraction of sp³-hybridized carbons (Fsp3) is 0.571. The van der Waals surface area contributed by atoms with Gasteiger partial charge in [0.15, 0.2) is 0 Å². The van der Waals surface area contributed by atoms with Gasteiger partial charge in [0.1, 0.15) is 6.54 Å². The van der Waals surface area contributed by atoms with Gasteiger partial charge in [0.25, 0.3) is 0 Å². The molecule has 120 valence electrons. The van der Waals surface area contributed by atoms with Crippen LogP contribution in [0.4, 0.5) is 4.79 Å². The van der Waals surface area contributed by atoms with Crippen LogP contribution in [0.2, 0.25) is 0 Å². The molecule has 1 aliphatic rings. The van der Waals surface area contributed by atoms with E-state index < -0.39 is 11.9 Å². The zero-order valence-electron chi connectivity index (χ0n) is 13.3. The monoisotopic (exact) mass is 307 g/mol. The summed E-state index contributed by atoms with van der Waals surface area (Å²) in [5.74, 6) is -0.318. The molecule has 0 saturated carbocycles. The van der Waals surface area contributed by atoms with E-state index in [-0.39, 0.29) is 18.9 Å². The first-order chi connectivity index (χ1) is 10.3.